The molecule has 1 heterocycles. The van der Waals surface area contributed by atoms with Gasteiger partial charge in [0, 0.05) is 12.3 Å². The number of hydrogen-bond donors (Lipinski definition) is 0. The highest BCUT2D eigenvalue weighted by Crippen LogP contribution is 2.38. The first-order valence-electron chi connectivity index (χ1n) is 16.0. The molecule has 1 aliphatic carbocycles. The Labute approximate surface area is 266 Å². The number of ether oxygens (including phenoxy) is 5. The van der Waals surface area contributed by atoms with Crippen molar-refractivity contribution in [3.63, 3.8) is 0 Å². The maximum absolute atomic E-state index is 13.2. The predicted octanol–water partition coefficient (Wildman–Crippen LogP) is 7.10. The molecule has 6 atom stereocenters. The molecular weight excluding hydrogens is 564 g/mol. The summed E-state index contributed by atoms with van der Waals surface area (Å²) in [5, 5.41) is 0. The van der Waals surface area contributed by atoms with Crippen LogP contribution in [0.25, 0.3) is 0 Å². The van der Waals surface area contributed by atoms with Crippen molar-refractivity contribution in [3.05, 3.63) is 144 Å². The first kappa shape index (κ1) is 31.3. The maximum atomic E-state index is 13.2. The van der Waals surface area contributed by atoms with Gasteiger partial charge in [0.1, 0.15) is 30.2 Å². The summed E-state index contributed by atoms with van der Waals surface area (Å²) in [6, 6.07) is 40.4. The number of carbonyl (C=O) groups excluding carboxylic acids is 1. The van der Waals surface area contributed by atoms with Gasteiger partial charge in [-0.25, -0.2) is 0 Å². The lowest BCUT2D eigenvalue weighted by molar-refractivity contribution is -0.279. The second-order valence-corrected chi connectivity index (χ2v) is 11.9. The molecule has 6 heteroatoms. The van der Waals surface area contributed by atoms with Crippen LogP contribution in [0.15, 0.2) is 121 Å². The molecule has 1 saturated carbocycles. The molecular formula is C39H42O6. The van der Waals surface area contributed by atoms with Crippen LogP contribution >= 0.6 is 0 Å². The topological polar surface area (TPSA) is 63.2 Å². The molecule has 4 aromatic carbocycles. The lowest BCUT2D eigenvalue weighted by Crippen LogP contribution is -2.63. The first-order chi connectivity index (χ1) is 22.2. The van der Waals surface area contributed by atoms with Crippen LogP contribution in [0.3, 0.4) is 0 Å². The number of benzene rings is 4. The van der Waals surface area contributed by atoms with E-state index in [0.717, 1.165) is 35.1 Å². The van der Waals surface area contributed by atoms with E-state index in [1.54, 1.807) is 0 Å². The van der Waals surface area contributed by atoms with E-state index in [-0.39, 0.29) is 11.7 Å². The maximum Gasteiger partial charge on any atom is 0.138 e. The van der Waals surface area contributed by atoms with E-state index in [9.17, 15) is 4.79 Å². The predicted molar refractivity (Wildman–Crippen MR) is 172 cm³/mol. The molecule has 4 aromatic rings. The minimum absolute atomic E-state index is 0.225. The minimum Gasteiger partial charge on any atom is -0.374 e. The molecule has 0 N–H and O–H groups in total. The molecule has 0 radical (unpaired) electrons. The Hall–Kier alpha value is -3.65. The Morgan fingerprint density at radius 1 is 0.556 bits per heavy atom. The Morgan fingerprint density at radius 3 is 1.47 bits per heavy atom. The highest BCUT2D eigenvalue weighted by molar-refractivity contribution is 5.83. The van der Waals surface area contributed by atoms with Gasteiger partial charge >= 0.3 is 0 Å². The summed E-state index contributed by atoms with van der Waals surface area (Å²) in [6.45, 7) is 1.88. The lowest BCUT2D eigenvalue weighted by atomic mass is 9.86. The standard InChI is InChI=1S/C39H42O6/c40-34-23-13-22-33(34)36-38(43-26-31-18-9-3-10-19-31)39(44-27-32-20-11-4-12-21-32)37(42-25-30-16-7-2-8-17-30)35(45-36)28-41-24-29-14-5-1-6-15-29/h1-12,14-21,33,35-39H,13,22-28H2/t33?,35-,36-,37-,38+,39+/m1/s1. The molecule has 2 fully saturated rings. The van der Waals surface area contributed by atoms with Gasteiger partial charge in [0.2, 0.25) is 0 Å². The molecule has 0 spiro atoms. The van der Waals surface area contributed by atoms with Crippen LogP contribution in [0.4, 0.5) is 0 Å². The highest BCUT2D eigenvalue weighted by atomic mass is 16.6. The van der Waals surface area contributed by atoms with Crippen LogP contribution in [-0.2, 0) is 54.9 Å². The zero-order valence-electron chi connectivity index (χ0n) is 25.6. The molecule has 1 saturated heterocycles. The van der Waals surface area contributed by atoms with E-state index in [2.05, 4.69) is 12.1 Å². The second kappa shape index (κ2) is 16.1. The van der Waals surface area contributed by atoms with Crippen molar-refractivity contribution in [1.82, 2.24) is 0 Å². The molecule has 6 rings (SSSR count). The normalized spacial score (nSPS) is 24.9. The van der Waals surface area contributed by atoms with Gasteiger partial charge in [-0.1, -0.05) is 121 Å². The summed E-state index contributed by atoms with van der Waals surface area (Å²) in [4.78, 5) is 13.2. The van der Waals surface area contributed by atoms with E-state index < -0.39 is 30.5 Å². The van der Waals surface area contributed by atoms with Crippen molar-refractivity contribution in [2.45, 2.75) is 76.2 Å². The number of carbonyl (C=O) groups is 1. The van der Waals surface area contributed by atoms with E-state index >= 15 is 0 Å². The monoisotopic (exact) mass is 606 g/mol. The Kier molecular flexibility index (Phi) is 11.2. The van der Waals surface area contributed by atoms with Crippen LogP contribution in [0.1, 0.15) is 41.5 Å². The smallest absolute Gasteiger partial charge is 0.138 e. The summed E-state index contributed by atoms with van der Waals surface area (Å²) < 4.78 is 33.4. The third kappa shape index (κ3) is 8.54. The first-order valence-corrected chi connectivity index (χ1v) is 16.0. The van der Waals surface area contributed by atoms with Crippen LogP contribution in [-0.4, -0.2) is 42.9 Å². The van der Waals surface area contributed by atoms with Crippen molar-refractivity contribution in [1.29, 1.82) is 0 Å². The summed E-state index contributed by atoms with van der Waals surface area (Å²) in [7, 11) is 0. The molecule has 2 aliphatic rings. The van der Waals surface area contributed by atoms with Gasteiger partial charge in [-0.05, 0) is 35.1 Å². The number of rotatable bonds is 14. The van der Waals surface area contributed by atoms with Crippen molar-refractivity contribution < 1.29 is 28.5 Å². The summed E-state index contributed by atoms with van der Waals surface area (Å²) >= 11 is 0. The van der Waals surface area contributed by atoms with Gasteiger partial charge in [0.25, 0.3) is 0 Å². The molecule has 1 unspecified atom stereocenters. The molecule has 6 nitrogen and oxygen atoms in total. The van der Waals surface area contributed by atoms with Gasteiger partial charge in [-0.15, -0.1) is 0 Å². The minimum atomic E-state index is -0.521. The van der Waals surface area contributed by atoms with Crippen LogP contribution < -0.4 is 0 Å². The zero-order chi connectivity index (χ0) is 30.7. The zero-order valence-corrected chi connectivity index (χ0v) is 25.6. The van der Waals surface area contributed by atoms with Crippen molar-refractivity contribution in [2.24, 2.45) is 5.92 Å². The molecule has 0 amide bonds. The fourth-order valence-corrected chi connectivity index (χ4v) is 6.34. The highest BCUT2D eigenvalue weighted by Gasteiger charge is 2.52. The van der Waals surface area contributed by atoms with E-state index in [1.165, 1.54) is 0 Å². The Balaban J connectivity index is 1.31. The van der Waals surface area contributed by atoms with E-state index in [4.69, 9.17) is 23.7 Å². The van der Waals surface area contributed by atoms with Gasteiger partial charge in [-0.2, -0.15) is 0 Å². The van der Waals surface area contributed by atoms with Crippen molar-refractivity contribution in [3.8, 4) is 0 Å². The van der Waals surface area contributed by atoms with Gasteiger partial charge in [0.15, 0.2) is 0 Å². The number of Topliss-reactive ketones (excluding diaryl/α,β-unsaturated/α-hetero) is 1. The summed E-state index contributed by atoms with van der Waals surface area (Å²) in [6.07, 6.45) is -0.283. The average Bonchev–Trinajstić information content (AvgIpc) is 3.53. The molecule has 1 aliphatic heterocycles. The molecule has 0 aromatic heterocycles. The number of hydrogen-bond acceptors (Lipinski definition) is 6. The third-order valence-corrected chi connectivity index (χ3v) is 8.67. The van der Waals surface area contributed by atoms with E-state index in [1.807, 2.05) is 109 Å². The molecule has 45 heavy (non-hydrogen) atoms. The fourth-order valence-electron chi connectivity index (χ4n) is 6.34. The third-order valence-electron chi connectivity index (χ3n) is 8.67. The fraction of sp³-hybridized carbons (Fsp3) is 0.359. The Bertz CT molecular complexity index is 1430. The van der Waals surface area contributed by atoms with Crippen molar-refractivity contribution in [2.75, 3.05) is 6.61 Å². The summed E-state index contributed by atoms with van der Waals surface area (Å²) in [5.41, 5.74) is 4.24. The lowest BCUT2D eigenvalue weighted by Gasteiger charge is -2.47. The summed E-state index contributed by atoms with van der Waals surface area (Å²) in [5.74, 6) is -0.0389. The van der Waals surface area contributed by atoms with Crippen LogP contribution in [0.5, 0.6) is 0 Å². The van der Waals surface area contributed by atoms with Gasteiger partial charge in [-0.3, -0.25) is 4.79 Å². The van der Waals surface area contributed by atoms with Gasteiger partial charge in [0.05, 0.1) is 39.1 Å². The quantitative estimate of drug-likeness (QED) is 0.153. The molecule has 0 bridgehead atoms. The average molecular weight is 607 g/mol. The Morgan fingerprint density at radius 2 is 1.00 bits per heavy atom. The number of ketones is 1. The SMILES string of the molecule is O=C1CCCC1[C@H]1O[C@H](COCc2ccccc2)[C@@H](OCc2ccccc2)[C@H](OCc2ccccc2)[C@H]1OCc1ccccc1. The van der Waals surface area contributed by atoms with Gasteiger partial charge < -0.3 is 23.7 Å². The van der Waals surface area contributed by atoms with Crippen molar-refractivity contribution >= 4 is 5.78 Å². The second-order valence-electron chi connectivity index (χ2n) is 11.9. The van der Waals surface area contributed by atoms with Crippen LogP contribution in [0.2, 0.25) is 0 Å². The largest absolute Gasteiger partial charge is 0.374 e. The molecule has 234 valence electrons. The van der Waals surface area contributed by atoms with Crippen LogP contribution in [0, 0.1) is 5.92 Å². The van der Waals surface area contributed by atoms with E-state index in [0.29, 0.717) is 39.5 Å².